The fourth-order valence-corrected chi connectivity index (χ4v) is 2.56. The van der Waals surface area contributed by atoms with Crippen LogP contribution in [0.5, 0.6) is 0 Å². The number of ether oxygens (including phenoxy) is 2. The van der Waals surface area contributed by atoms with Gasteiger partial charge in [-0.05, 0) is 26.7 Å². The molecule has 1 aliphatic carbocycles. The topological polar surface area (TPSA) is 55.8 Å². The molecule has 2 fully saturated rings. The Balaban J connectivity index is 1.98. The van der Waals surface area contributed by atoms with Crippen LogP contribution in [-0.2, 0) is 14.3 Å². The number of aliphatic hydroxyl groups excluding tert-OH is 1. The quantitative estimate of drug-likeness (QED) is 0.769. The number of hydrogen-bond acceptors (Lipinski definition) is 4. The summed E-state index contributed by atoms with van der Waals surface area (Å²) in [5.74, 6) is -0.660. The third-order valence-corrected chi connectivity index (χ3v) is 3.59. The van der Waals surface area contributed by atoms with Crippen LogP contribution >= 0.6 is 0 Å². The molecule has 4 heteroatoms. The Kier molecular flexibility index (Phi) is 3.07. The maximum Gasteiger partial charge on any atom is 0.163 e. The molecule has 4 nitrogen and oxygen atoms in total. The third-order valence-electron chi connectivity index (χ3n) is 3.59. The lowest BCUT2D eigenvalue weighted by atomic mass is 9.94. The van der Waals surface area contributed by atoms with Gasteiger partial charge in [0, 0.05) is 11.8 Å². The second kappa shape index (κ2) is 4.09. The van der Waals surface area contributed by atoms with Crippen molar-refractivity contribution < 1.29 is 19.4 Å². The molecule has 1 saturated carbocycles. The van der Waals surface area contributed by atoms with Gasteiger partial charge in [-0.1, -0.05) is 6.92 Å². The fourth-order valence-electron chi connectivity index (χ4n) is 2.56. The zero-order valence-electron chi connectivity index (χ0n) is 10.1. The summed E-state index contributed by atoms with van der Waals surface area (Å²) >= 11 is 0. The van der Waals surface area contributed by atoms with E-state index in [1.807, 2.05) is 20.8 Å². The summed E-state index contributed by atoms with van der Waals surface area (Å²) in [5, 5.41) is 10.1. The summed E-state index contributed by atoms with van der Waals surface area (Å²) in [4.78, 5) is 11.8. The van der Waals surface area contributed by atoms with E-state index in [9.17, 15) is 9.90 Å². The monoisotopic (exact) mass is 228 g/mol. The van der Waals surface area contributed by atoms with Crippen molar-refractivity contribution in [3.05, 3.63) is 0 Å². The third kappa shape index (κ3) is 2.14. The van der Waals surface area contributed by atoms with Crippen LogP contribution in [0.1, 0.15) is 33.6 Å². The Morgan fingerprint density at radius 3 is 2.56 bits per heavy atom. The largest absolute Gasteiger partial charge is 0.390 e. The van der Waals surface area contributed by atoms with Gasteiger partial charge >= 0.3 is 0 Å². The molecule has 1 saturated heterocycles. The van der Waals surface area contributed by atoms with Crippen LogP contribution in [0.25, 0.3) is 0 Å². The molecule has 0 aromatic carbocycles. The van der Waals surface area contributed by atoms with Crippen LogP contribution in [0, 0.1) is 11.8 Å². The van der Waals surface area contributed by atoms with Crippen molar-refractivity contribution in [2.24, 2.45) is 11.8 Å². The maximum absolute atomic E-state index is 11.8. The van der Waals surface area contributed by atoms with Crippen LogP contribution in [-0.4, -0.2) is 35.5 Å². The predicted molar refractivity (Wildman–Crippen MR) is 57.8 cm³/mol. The van der Waals surface area contributed by atoms with E-state index in [0.717, 1.165) is 12.8 Å². The maximum atomic E-state index is 11.8. The molecule has 1 N–H and O–H groups in total. The van der Waals surface area contributed by atoms with Crippen molar-refractivity contribution >= 4 is 5.78 Å². The van der Waals surface area contributed by atoms with E-state index in [2.05, 4.69) is 0 Å². The molecule has 4 atom stereocenters. The van der Waals surface area contributed by atoms with Gasteiger partial charge in [0.05, 0.1) is 12.7 Å². The van der Waals surface area contributed by atoms with Crippen LogP contribution in [0.15, 0.2) is 0 Å². The lowest BCUT2D eigenvalue weighted by Crippen LogP contribution is -2.38. The molecule has 1 aliphatic heterocycles. The predicted octanol–water partition coefficient (Wildman–Crippen LogP) is 1.11. The SMILES string of the molecule is C[C@H]1CC[C@H]([C@H](O)[C@H]2COC(C)(C)O2)C1=O. The fraction of sp³-hybridized carbons (Fsp3) is 0.917. The smallest absolute Gasteiger partial charge is 0.163 e. The van der Waals surface area contributed by atoms with Crippen LogP contribution < -0.4 is 0 Å². The normalized spacial score (nSPS) is 40.2. The lowest BCUT2D eigenvalue weighted by Gasteiger charge is -2.23. The van der Waals surface area contributed by atoms with Crippen molar-refractivity contribution in [2.45, 2.75) is 51.6 Å². The molecule has 0 bridgehead atoms. The van der Waals surface area contributed by atoms with E-state index in [1.54, 1.807) is 0 Å². The molecule has 92 valence electrons. The Morgan fingerprint density at radius 1 is 1.44 bits per heavy atom. The Labute approximate surface area is 95.9 Å². The van der Waals surface area contributed by atoms with Gasteiger partial charge < -0.3 is 14.6 Å². The van der Waals surface area contributed by atoms with Crippen molar-refractivity contribution in [3.8, 4) is 0 Å². The van der Waals surface area contributed by atoms with Gasteiger partial charge in [-0.25, -0.2) is 0 Å². The van der Waals surface area contributed by atoms with Gasteiger partial charge in [-0.15, -0.1) is 0 Å². The van der Waals surface area contributed by atoms with Gasteiger partial charge in [0.25, 0.3) is 0 Å². The standard InChI is InChI=1S/C12H20O4/c1-7-4-5-8(10(7)13)11(14)9-6-15-12(2,3)16-9/h7-9,11,14H,4-6H2,1-3H3/t7-,8-,9+,11-/m0/s1. The number of carbonyl (C=O) groups is 1. The van der Waals surface area contributed by atoms with Gasteiger partial charge in [0.2, 0.25) is 0 Å². The van der Waals surface area contributed by atoms with E-state index < -0.39 is 11.9 Å². The number of aliphatic hydroxyl groups is 1. The molecule has 0 unspecified atom stereocenters. The molecule has 0 aromatic heterocycles. The highest BCUT2D eigenvalue weighted by molar-refractivity contribution is 5.85. The number of carbonyl (C=O) groups excluding carboxylic acids is 1. The minimum absolute atomic E-state index is 0.0787. The Morgan fingerprint density at radius 2 is 2.12 bits per heavy atom. The summed E-state index contributed by atoms with van der Waals surface area (Å²) in [6, 6.07) is 0. The van der Waals surface area contributed by atoms with Crippen molar-refractivity contribution in [1.29, 1.82) is 0 Å². The second-order valence-electron chi connectivity index (χ2n) is 5.34. The van der Waals surface area contributed by atoms with E-state index in [-0.39, 0.29) is 23.7 Å². The first-order valence-corrected chi connectivity index (χ1v) is 5.94. The molecule has 2 aliphatic rings. The van der Waals surface area contributed by atoms with E-state index in [1.165, 1.54) is 0 Å². The van der Waals surface area contributed by atoms with E-state index in [4.69, 9.17) is 9.47 Å². The number of hydrogen-bond donors (Lipinski definition) is 1. The van der Waals surface area contributed by atoms with Crippen LogP contribution in [0.4, 0.5) is 0 Å². The van der Waals surface area contributed by atoms with E-state index >= 15 is 0 Å². The van der Waals surface area contributed by atoms with Gasteiger partial charge in [0.15, 0.2) is 5.79 Å². The van der Waals surface area contributed by atoms with Crippen molar-refractivity contribution in [1.82, 2.24) is 0 Å². The zero-order valence-corrected chi connectivity index (χ0v) is 10.1. The summed E-state index contributed by atoms with van der Waals surface area (Å²) in [7, 11) is 0. The number of ketones is 1. The van der Waals surface area contributed by atoms with Crippen molar-refractivity contribution in [2.75, 3.05) is 6.61 Å². The highest BCUT2D eigenvalue weighted by atomic mass is 16.7. The summed E-state index contributed by atoms with van der Waals surface area (Å²) < 4.78 is 11.0. The molecular weight excluding hydrogens is 208 g/mol. The van der Waals surface area contributed by atoms with Gasteiger partial charge in [0.1, 0.15) is 11.9 Å². The molecule has 0 aromatic rings. The molecule has 2 rings (SSSR count). The molecule has 1 heterocycles. The first-order chi connectivity index (χ1) is 7.41. The molecule has 16 heavy (non-hydrogen) atoms. The molecule has 0 radical (unpaired) electrons. The van der Waals surface area contributed by atoms with E-state index in [0.29, 0.717) is 6.61 Å². The van der Waals surface area contributed by atoms with Crippen molar-refractivity contribution in [3.63, 3.8) is 0 Å². The molecule has 0 spiro atoms. The highest BCUT2D eigenvalue weighted by Gasteiger charge is 2.44. The number of Topliss-reactive ketones (excluding diaryl/α,β-unsaturated/α-hetero) is 1. The Hall–Kier alpha value is -0.450. The first-order valence-electron chi connectivity index (χ1n) is 5.94. The minimum atomic E-state index is -0.723. The lowest BCUT2D eigenvalue weighted by molar-refractivity contribution is -0.158. The minimum Gasteiger partial charge on any atom is -0.390 e. The summed E-state index contributed by atoms with van der Waals surface area (Å²) in [6.07, 6.45) is 0.549. The summed E-state index contributed by atoms with van der Waals surface area (Å²) in [5.41, 5.74) is 0. The van der Waals surface area contributed by atoms with Crippen LogP contribution in [0.2, 0.25) is 0 Å². The van der Waals surface area contributed by atoms with Gasteiger partial charge in [-0.3, -0.25) is 4.79 Å². The first kappa shape index (κ1) is 12.0. The zero-order chi connectivity index (χ0) is 11.9. The highest BCUT2D eigenvalue weighted by Crippen LogP contribution is 2.34. The molecule has 0 amide bonds. The summed E-state index contributed by atoms with van der Waals surface area (Å²) in [6.45, 7) is 5.93. The number of rotatable bonds is 2. The Bertz CT molecular complexity index is 287. The average Bonchev–Trinajstić information content (AvgIpc) is 2.71. The van der Waals surface area contributed by atoms with Crippen LogP contribution in [0.3, 0.4) is 0 Å². The second-order valence-corrected chi connectivity index (χ2v) is 5.34. The molecular formula is C12H20O4. The van der Waals surface area contributed by atoms with Gasteiger partial charge in [-0.2, -0.15) is 0 Å². The average molecular weight is 228 g/mol.